The highest BCUT2D eigenvalue weighted by molar-refractivity contribution is 6.02. The van der Waals surface area contributed by atoms with Crippen molar-refractivity contribution in [1.82, 2.24) is 20.4 Å². The van der Waals surface area contributed by atoms with Gasteiger partial charge in [0.1, 0.15) is 12.1 Å². The third-order valence-electron chi connectivity index (χ3n) is 9.64. The minimum absolute atomic E-state index is 0.0173. The van der Waals surface area contributed by atoms with Crippen LogP contribution in [0.5, 0.6) is 0 Å². The van der Waals surface area contributed by atoms with Gasteiger partial charge in [-0.05, 0) is 54.7 Å². The fourth-order valence-electron chi connectivity index (χ4n) is 7.54. The van der Waals surface area contributed by atoms with Crippen molar-refractivity contribution in [3.63, 3.8) is 0 Å². The maximum absolute atomic E-state index is 13.6. The molecule has 39 heavy (non-hydrogen) atoms. The van der Waals surface area contributed by atoms with Crippen molar-refractivity contribution in [2.24, 2.45) is 16.5 Å². The van der Waals surface area contributed by atoms with E-state index in [1.165, 1.54) is 10.5 Å². The van der Waals surface area contributed by atoms with E-state index in [9.17, 15) is 24.6 Å². The molecule has 0 radical (unpaired) electrons. The molecule has 1 aromatic rings. The average Bonchev–Trinajstić information content (AvgIpc) is 3.38. The van der Waals surface area contributed by atoms with Gasteiger partial charge in [-0.3, -0.25) is 34.9 Å². The van der Waals surface area contributed by atoms with Crippen LogP contribution in [0.4, 0.5) is 0 Å². The van der Waals surface area contributed by atoms with Crippen molar-refractivity contribution in [3.05, 3.63) is 34.9 Å². The summed E-state index contributed by atoms with van der Waals surface area (Å²) in [6, 6.07) is 2.94. The third-order valence-corrected chi connectivity index (χ3v) is 9.64. The van der Waals surface area contributed by atoms with Gasteiger partial charge in [-0.15, -0.1) is 0 Å². The molecule has 3 amide bonds. The normalized spacial score (nSPS) is 33.2. The molecule has 4 aliphatic heterocycles. The van der Waals surface area contributed by atoms with Gasteiger partial charge in [0.15, 0.2) is 12.0 Å². The fourth-order valence-corrected chi connectivity index (χ4v) is 7.54. The summed E-state index contributed by atoms with van der Waals surface area (Å²) in [4.78, 5) is 48.4. The molecule has 0 aromatic heterocycles. The van der Waals surface area contributed by atoms with Crippen LogP contribution < -0.4 is 27.1 Å². The van der Waals surface area contributed by atoms with Gasteiger partial charge < -0.3 is 21.3 Å². The molecule has 9 N–H and O–H groups in total. The maximum Gasteiger partial charge on any atom is 0.343 e. The van der Waals surface area contributed by atoms with Crippen LogP contribution in [0.1, 0.15) is 60.0 Å². The molecule has 1 aromatic carbocycles. The molecule has 4 atom stereocenters. The van der Waals surface area contributed by atoms with Crippen LogP contribution in [-0.4, -0.2) is 92.3 Å². The number of aliphatic hydroxyl groups is 2. The molecule has 7 rings (SSSR count). The van der Waals surface area contributed by atoms with Crippen molar-refractivity contribution in [1.29, 1.82) is 0 Å². The second-order valence-electron chi connectivity index (χ2n) is 11.7. The summed E-state index contributed by atoms with van der Waals surface area (Å²) in [6.07, 6.45) is 5.46. The van der Waals surface area contributed by atoms with Crippen LogP contribution in [0.25, 0.3) is 0 Å². The number of likely N-dealkylation sites (tertiary alicyclic amines) is 1. The molecule has 206 valence electrons. The van der Waals surface area contributed by atoms with Gasteiger partial charge in [0, 0.05) is 18.4 Å². The summed E-state index contributed by atoms with van der Waals surface area (Å²) in [6.45, 7) is -0.147. The molecule has 4 heterocycles. The van der Waals surface area contributed by atoms with Crippen molar-refractivity contribution in [2.75, 3.05) is 13.1 Å². The molecule has 0 bridgehead atoms. The monoisotopic (exact) mass is 537 g/mol. The number of rotatable bonds is 4. The first-order valence-electron chi connectivity index (χ1n) is 13.6. The number of imide groups is 1. The van der Waals surface area contributed by atoms with E-state index in [-0.39, 0.29) is 55.1 Å². The lowest BCUT2D eigenvalue weighted by molar-refractivity contribution is -0.521. The lowest BCUT2D eigenvalue weighted by atomic mass is 9.78. The minimum Gasteiger partial charge on any atom is -0.370 e. The summed E-state index contributed by atoms with van der Waals surface area (Å²) >= 11 is 0. The SMILES string of the molecule is NC1=N[C@@H](CN2C(=O)CCC2=O)[C@@H]2[NH+]=C(N)N[C@]23N1CC(NC(=O)c1cccc2c1CCCC21CC1)C3(O)O. The first kappa shape index (κ1) is 24.3. The second-order valence-corrected chi connectivity index (χ2v) is 11.7. The van der Waals surface area contributed by atoms with Gasteiger partial charge in [-0.25, -0.2) is 10.3 Å². The smallest absolute Gasteiger partial charge is 0.343 e. The standard InChI is InChI=1S/C26H32N8O5/c27-22-31-20-16(11-33-18(35)6-7-19(33)36)29-23(28)34-12-17(26(38,39)25(20,34)32-22)30-21(37)14-3-1-5-15-13(14)4-2-8-24(15)9-10-24/h1,3,5,16-17,20,38-39H,2,4,6-12H2,(H2,28,29)(H,30,37)(H3,27,31,32)/p+1/t16-,17?,20-,25-/m0/s1. The number of hydrogen-bond acceptors (Lipinski definition) is 10. The van der Waals surface area contributed by atoms with Gasteiger partial charge in [-0.1, -0.05) is 12.1 Å². The number of carbonyl (C=O) groups is 3. The van der Waals surface area contributed by atoms with Crippen LogP contribution in [0, 0.1) is 0 Å². The predicted molar refractivity (Wildman–Crippen MR) is 137 cm³/mol. The Morgan fingerprint density at radius 1 is 1.15 bits per heavy atom. The Balaban J connectivity index is 1.20. The van der Waals surface area contributed by atoms with Crippen LogP contribution in [0.2, 0.25) is 0 Å². The summed E-state index contributed by atoms with van der Waals surface area (Å²) in [5.41, 5.74) is 13.7. The number of nitrogens with one attached hydrogen (secondary N) is 3. The predicted octanol–water partition coefficient (Wildman–Crippen LogP) is -3.94. The van der Waals surface area contributed by atoms with E-state index in [1.54, 1.807) is 6.07 Å². The molecule has 3 fully saturated rings. The van der Waals surface area contributed by atoms with E-state index in [2.05, 4.69) is 26.7 Å². The Bertz CT molecular complexity index is 1350. The molecule has 13 heteroatoms. The first-order valence-corrected chi connectivity index (χ1v) is 13.6. The highest BCUT2D eigenvalue weighted by Crippen LogP contribution is 2.55. The lowest BCUT2D eigenvalue weighted by Gasteiger charge is -2.46. The van der Waals surface area contributed by atoms with Crippen molar-refractivity contribution in [3.8, 4) is 0 Å². The molecule has 2 spiro atoms. The zero-order chi connectivity index (χ0) is 27.3. The molecule has 2 aliphatic carbocycles. The Morgan fingerprint density at radius 3 is 2.62 bits per heavy atom. The Morgan fingerprint density at radius 2 is 1.90 bits per heavy atom. The fraction of sp³-hybridized carbons (Fsp3) is 0.577. The van der Waals surface area contributed by atoms with E-state index in [1.807, 2.05) is 6.07 Å². The molecule has 1 unspecified atom stereocenters. The van der Waals surface area contributed by atoms with Gasteiger partial charge in [0.05, 0.1) is 13.1 Å². The van der Waals surface area contributed by atoms with Crippen LogP contribution >= 0.6 is 0 Å². The number of guanidine groups is 2. The van der Waals surface area contributed by atoms with Gasteiger partial charge in [-0.2, -0.15) is 0 Å². The Hall–Kier alpha value is -3.71. The molecular formula is C26H33N8O5+. The number of hydrogen-bond donors (Lipinski definition) is 7. The van der Waals surface area contributed by atoms with E-state index >= 15 is 0 Å². The number of amides is 3. The van der Waals surface area contributed by atoms with Gasteiger partial charge in [0.2, 0.25) is 17.6 Å². The number of nitrogens with two attached hydrogens (primary N) is 2. The Labute approximate surface area is 224 Å². The number of aliphatic imine (C=N–C) groups is 1. The second kappa shape index (κ2) is 7.92. The van der Waals surface area contributed by atoms with Gasteiger partial charge >= 0.3 is 5.96 Å². The topological polar surface area (TPSA) is 201 Å². The highest BCUT2D eigenvalue weighted by atomic mass is 16.5. The van der Waals surface area contributed by atoms with Crippen molar-refractivity contribution in [2.45, 2.75) is 79.9 Å². The van der Waals surface area contributed by atoms with Crippen molar-refractivity contribution >= 4 is 29.6 Å². The van der Waals surface area contributed by atoms with Gasteiger partial charge in [0.25, 0.3) is 11.6 Å². The summed E-state index contributed by atoms with van der Waals surface area (Å²) in [5, 5.41) is 29.3. The van der Waals surface area contributed by atoms with Crippen molar-refractivity contribution < 1.29 is 29.6 Å². The largest absolute Gasteiger partial charge is 0.370 e. The average molecular weight is 538 g/mol. The van der Waals surface area contributed by atoms with Crippen LogP contribution in [-0.2, 0) is 21.4 Å². The summed E-state index contributed by atoms with van der Waals surface area (Å²) < 4.78 is 0. The number of carbonyl (C=O) groups excluding carboxylic acids is 3. The molecule has 1 saturated carbocycles. The number of nitrogens with zero attached hydrogens (tertiary/aromatic N) is 3. The summed E-state index contributed by atoms with van der Waals surface area (Å²) in [7, 11) is 0. The van der Waals surface area contributed by atoms with E-state index < -0.39 is 35.5 Å². The summed E-state index contributed by atoms with van der Waals surface area (Å²) in [5.74, 6) is -3.54. The highest BCUT2D eigenvalue weighted by Gasteiger charge is 2.76. The first-order chi connectivity index (χ1) is 18.6. The Kier molecular flexibility index (Phi) is 4.94. The maximum atomic E-state index is 13.6. The lowest BCUT2D eigenvalue weighted by Crippen LogP contribution is -2.90. The molecule has 2 saturated heterocycles. The molecule has 13 nitrogen and oxygen atoms in total. The van der Waals surface area contributed by atoms with E-state index in [0.717, 1.165) is 42.6 Å². The zero-order valence-corrected chi connectivity index (χ0v) is 21.4. The third kappa shape index (κ3) is 3.22. The van der Waals surface area contributed by atoms with Crippen LogP contribution in [0.15, 0.2) is 23.2 Å². The molecule has 6 aliphatic rings. The zero-order valence-electron chi connectivity index (χ0n) is 21.4. The number of fused-ring (bicyclic) bond motifs is 2. The van der Waals surface area contributed by atoms with E-state index in [4.69, 9.17) is 11.5 Å². The number of benzene rings is 1. The minimum atomic E-state index is -2.56. The van der Waals surface area contributed by atoms with Crippen LogP contribution in [0.3, 0.4) is 0 Å². The van der Waals surface area contributed by atoms with E-state index in [0.29, 0.717) is 5.56 Å². The molecular weight excluding hydrogens is 504 g/mol. The quantitative estimate of drug-likeness (QED) is 0.148.